The van der Waals surface area contributed by atoms with E-state index in [1.807, 2.05) is 38.0 Å². The molecule has 43 heavy (non-hydrogen) atoms. The second-order valence-electron chi connectivity index (χ2n) is 11.8. The zero-order valence-corrected chi connectivity index (χ0v) is 26.5. The lowest BCUT2D eigenvalue weighted by molar-refractivity contribution is -0.131. The number of carbonyl (C=O) groups is 2. The molecule has 4 N–H and O–H groups in total. The number of rotatable bonds is 20. The Morgan fingerprint density at radius 2 is 0.884 bits per heavy atom. The molecule has 0 aliphatic heterocycles. The second kappa shape index (κ2) is 18.9. The van der Waals surface area contributed by atoms with Gasteiger partial charge in [0.05, 0.1) is 0 Å². The van der Waals surface area contributed by atoms with Crippen molar-refractivity contribution in [3.05, 3.63) is 47.5 Å². The molecule has 0 fully saturated rings. The normalized spacial score (nSPS) is 11.3. The van der Waals surface area contributed by atoms with Crippen LogP contribution < -0.4 is 0 Å². The minimum absolute atomic E-state index is 0.0760. The van der Waals surface area contributed by atoms with Gasteiger partial charge in [0.25, 0.3) is 0 Å². The first-order chi connectivity index (χ1) is 20.5. The molecule has 0 heterocycles. The summed E-state index contributed by atoms with van der Waals surface area (Å²) in [6.07, 6.45) is 6.00. The lowest BCUT2D eigenvalue weighted by atomic mass is 10.1. The first-order valence-electron chi connectivity index (χ1n) is 15.3. The summed E-state index contributed by atoms with van der Waals surface area (Å²) in [4.78, 5) is 34.3. The number of hydrogen-bond donors (Lipinski definition) is 4. The number of aryl methyl sites for hydroxylation is 2. The molecule has 0 saturated carbocycles. The molecule has 2 amide bonds. The predicted octanol–water partition coefficient (Wildman–Crippen LogP) is 3.81. The first-order valence-corrected chi connectivity index (χ1v) is 15.3. The SMILES string of the molecule is CN(C)CCCN(CCCCCN(CCCN(C)C)C(=O)CCc1ccc(O)c(O)c1)C(=O)CCc1ccc(O)c(O)c1. The molecule has 0 radical (unpaired) electrons. The van der Waals surface area contributed by atoms with E-state index in [0.29, 0.717) is 51.9 Å². The number of benzene rings is 2. The number of unbranched alkanes of at least 4 members (excludes halogenated alkanes) is 2. The average Bonchev–Trinajstić information content (AvgIpc) is 2.95. The summed E-state index contributed by atoms with van der Waals surface area (Å²) in [6, 6.07) is 9.32. The van der Waals surface area contributed by atoms with E-state index in [1.165, 1.54) is 24.3 Å². The zero-order chi connectivity index (χ0) is 31.8. The van der Waals surface area contributed by atoms with Crippen LogP contribution in [-0.4, -0.2) is 119 Å². The molecule has 240 valence electrons. The van der Waals surface area contributed by atoms with Crippen LogP contribution >= 0.6 is 0 Å². The Morgan fingerprint density at radius 1 is 0.512 bits per heavy atom. The number of phenols is 4. The summed E-state index contributed by atoms with van der Waals surface area (Å²) < 4.78 is 0. The van der Waals surface area contributed by atoms with E-state index in [0.717, 1.165) is 56.3 Å². The Morgan fingerprint density at radius 3 is 1.23 bits per heavy atom. The highest BCUT2D eigenvalue weighted by atomic mass is 16.3. The minimum atomic E-state index is -0.179. The Hall–Kier alpha value is -3.50. The molecular weight excluding hydrogens is 548 g/mol. The maximum atomic E-state index is 13.1. The van der Waals surface area contributed by atoms with Crippen LogP contribution in [0.3, 0.4) is 0 Å². The number of nitrogens with zero attached hydrogens (tertiary/aromatic N) is 4. The summed E-state index contributed by atoms with van der Waals surface area (Å²) in [7, 11) is 8.07. The van der Waals surface area contributed by atoms with Crippen LogP contribution in [0, 0.1) is 0 Å². The van der Waals surface area contributed by atoms with Crippen LogP contribution in [-0.2, 0) is 22.4 Å². The monoisotopic (exact) mass is 600 g/mol. The van der Waals surface area contributed by atoms with E-state index < -0.39 is 0 Å². The van der Waals surface area contributed by atoms with E-state index >= 15 is 0 Å². The highest BCUT2D eigenvalue weighted by Crippen LogP contribution is 2.26. The maximum absolute atomic E-state index is 13.1. The quantitative estimate of drug-likeness (QED) is 0.134. The van der Waals surface area contributed by atoms with E-state index in [4.69, 9.17) is 0 Å². The minimum Gasteiger partial charge on any atom is -0.504 e. The van der Waals surface area contributed by atoms with Gasteiger partial charge in [0.2, 0.25) is 11.8 Å². The van der Waals surface area contributed by atoms with Crippen molar-refractivity contribution in [3.63, 3.8) is 0 Å². The largest absolute Gasteiger partial charge is 0.504 e. The predicted molar refractivity (Wildman–Crippen MR) is 170 cm³/mol. The number of hydrogen-bond acceptors (Lipinski definition) is 8. The van der Waals surface area contributed by atoms with Crippen LogP contribution in [0.2, 0.25) is 0 Å². The molecule has 0 spiro atoms. The molecule has 0 atom stereocenters. The van der Waals surface area contributed by atoms with Gasteiger partial charge in [0.15, 0.2) is 23.0 Å². The number of phenolic OH excluding ortho intramolecular Hbond substituents is 4. The van der Waals surface area contributed by atoms with Crippen LogP contribution in [0.1, 0.15) is 56.1 Å². The van der Waals surface area contributed by atoms with Crippen molar-refractivity contribution in [1.82, 2.24) is 19.6 Å². The summed E-state index contributed by atoms with van der Waals surface area (Å²) >= 11 is 0. The summed E-state index contributed by atoms with van der Waals surface area (Å²) in [5.41, 5.74) is 1.61. The van der Waals surface area contributed by atoms with Gasteiger partial charge in [0, 0.05) is 39.0 Å². The van der Waals surface area contributed by atoms with E-state index in [-0.39, 0.29) is 34.8 Å². The van der Waals surface area contributed by atoms with Crippen LogP contribution in [0.5, 0.6) is 23.0 Å². The lowest BCUT2D eigenvalue weighted by Crippen LogP contribution is -2.35. The smallest absolute Gasteiger partial charge is 0.222 e. The van der Waals surface area contributed by atoms with Gasteiger partial charge in [-0.15, -0.1) is 0 Å². The number of aromatic hydroxyl groups is 4. The molecular formula is C33H52N4O6. The Bertz CT molecular complexity index is 1050. The lowest BCUT2D eigenvalue weighted by Gasteiger charge is -2.25. The molecule has 0 saturated heterocycles. The van der Waals surface area contributed by atoms with Gasteiger partial charge >= 0.3 is 0 Å². The van der Waals surface area contributed by atoms with Crippen LogP contribution in [0.15, 0.2) is 36.4 Å². The highest BCUT2D eigenvalue weighted by molar-refractivity contribution is 5.77. The fourth-order valence-electron chi connectivity index (χ4n) is 4.93. The third-order valence-corrected chi connectivity index (χ3v) is 7.46. The van der Waals surface area contributed by atoms with Crippen LogP contribution in [0.25, 0.3) is 0 Å². The van der Waals surface area contributed by atoms with Crippen molar-refractivity contribution in [3.8, 4) is 23.0 Å². The van der Waals surface area contributed by atoms with Gasteiger partial charge < -0.3 is 40.0 Å². The van der Waals surface area contributed by atoms with Gasteiger partial charge in [-0.25, -0.2) is 0 Å². The van der Waals surface area contributed by atoms with Gasteiger partial charge in [-0.2, -0.15) is 0 Å². The van der Waals surface area contributed by atoms with Crippen molar-refractivity contribution >= 4 is 11.8 Å². The van der Waals surface area contributed by atoms with Crippen molar-refractivity contribution in [2.45, 2.75) is 57.8 Å². The van der Waals surface area contributed by atoms with Gasteiger partial charge in [0.1, 0.15) is 0 Å². The Balaban J connectivity index is 1.87. The topological polar surface area (TPSA) is 128 Å². The molecule has 0 aromatic heterocycles. The third kappa shape index (κ3) is 14.0. The molecule has 0 unspecified atom stereocenters. The standard InChI is InChI=1S/C33H52N4O6/c1-34(2)18-8-22-36(32(42)16-12-26-10-14-28(38)30(40)24-26)20-6-5-7-21-37(23-9-19-35(3)4)33(43)17-13-27-11-15-29(39)31(41)25-27/h10-11,14-15,24-25,38-41H,5-9,12-13,16-23H2,1-4H3. The molecule has 2 aromatic carbocycles. The summed E-state index contributed by atoms with van der Waals surface area (Å²) in [5, 5.41) is 38.6. The van der Waals surface area contributed by atoms with E-state index in [9.17, 15) is 30.0 Å². The molecule has 10 nitrogen and oxygen atoms in total. The second-order valence-corrected chi connectivity index (χ2v) is 11.8. The summed E-state index contributed by atoms with van der Waals surface area (Å²) in [5.74, 6) is -0.547. The average molecular weight is 601 g/mol. The molecule has 2 rings (SSSR count). The Kier molecular flexibility index (Phi) is 15.7. The number of amides is 2. The van der Waals surface area contributed by atoms with Crippen molar-refractivity contribution in [1.29, 1.82) is 0 Å². The van der Waals surface area contributed by atoms with Crippen LogP contribution in [0.4, 0.5) is 0 Å². The van der Waals surface area contributed by atoms with E-state index in [1.54, 1.807) is 12.1 Å². The molecule has 0 aliphatic carbocycles. The molecule has 2 aromatic rings. The van der Waals surface area contributed by atoms with Crippen molar-refractivity contribution < 1.29 is 30.0 Å². The van der Waals surface area contributed by atoms with Crippen molar-refractivity contribution in [2.75, 3.05) is 67.5 Å². The molecule has 0 bridgehead atoms. The van der Waals surface area contributed by atoms with Gasteiger partial charge in [-0.1, -0.05) is 12.1 Å². The molecule has 10 heteroatoms. The Labute approximate surface area is 257 Å². The third-order valence-electron chi connectivity index (χ3n) is 7.46. The van der Waals surface area contributed by atoms with Crippen molar-refractivity contribution in [2.24, 2.45) is 0 Å². The first kappa shape index (κ1) is 35.7. The summed E-state index contributed by atoms with van der Waals surface area (Å²) in [6.45, 7) is 4.46. The zero-order valence-electron chi connectivity index (χ0n) is 26.5. The maximum Gasteiger partial charge on any atom is 0.222 e. The van der Waals surface area contributed by atoms with Gasteiger partial charge in [-0.3, -0.25) is 9.59 Å². The van der Waals surface area contributed by atoms with Gasteiger partial charge in [-0.05, 0) is 122 Å². The highest BCUT2D eigenvalue weighted by Gasteiger charge is 2.16. The fraction of sp³-hybridized carbons (Fsp3) is 0.576. The number of carbonyl (C=O) groups excluding carboxylic acids is 2. The fourth-order valence-corrected chi connectivity index (χ4v) is 4.93. The van der Waals surface area contributed by atoms with E-state index in [2.05, 4.69) is 9.80 Å². The molecule has 0 aliphatic rings.